The second-order valence-electron chi connectivity index (χ2n) is 6.68. The van der Waals surface area contributed by atoms with E-state index in [2.05, 4.69) is 15.2 Å². The Morgan fingerprint density at radius 1 is 1.14 bits per heavy atom. The molecule has 1 aliphatic rings. The van der Waals surface area contributed by atoms with Crippen LogP contribution < -0.4 is 4.74 Å². The third-order valence-electron chi connectivity index (χ3n) is 4.87. The lowest BCUT2D eigenvalue weighted by Gasteiger charge is -2.24. The summed E-state index contributed by atoms with van der Waals surface area (Å²) in [7, 11) is 1.61. The van der Waals surface area contributed by atoms with Gasteiger partial charge in [0.05, 0.1) is 31.5 Å². The fourth-order valence-corrected chi connectivity index (χ4v) is 3.50. The number of hydrogen-bond acceptors (Lipinski definition) is 6. The van der Waals surface area contributed by atoms with Crippen LogP contribution in [0.2, 0.25) is 5.02 Å². The van der Waals surface area contributed by atoms with Crippen molar-refractivity contribution in [3.8, 4) is 28.7 Å². The van der Waals surface area contributed by atoms with Gasteiger partial charge in [-0.25, -0.2) is 0 Å². The Hall–Kier alpha value is -3.16. The second kappa shape index (κ2) is 7.35. The summed E-state index contributed by atoms with van der Waals surface area (Å²) in [6, 6.07) is 17.1. The molecule has 0 spiro atoms. The Labute approximate surface area is 171 Å². The van der Waals surface area contributed by atoms with Gasteiger partial charge in [-0.2, -0.15) is 10.1 Å². The molecular weight excluding hydrogens is 392 g/mol. The average molecular weight is 409 g/mol. The maximum Gasteiger partial charge on any atom is 0.278 e. The highest BCUT2D eigenvalue weighted by Crippen LogP contribution is 2.31. The van der Waals surface area contributed by atoms with Crippen LogP contribution in [0.15, 0.2) is 59.1 Å². The third kappa shape index (κ3) is 3.39. The Bertz CT molecular complexity index is 1150. The van der Waals surface area contributed by atoms with Crippen molar-refractivity contribution in [3.05, 3.63) is 70.9 Å². The molecule has 0 unspecified atom stereocenters. The molecule has 0 amide bonds. The zero-order valence-electron chi connectivity index (χ0n) is 15.6. The lowest BCUT2D eigenvalue weighted by atomic mass is 10.1. The number of halogens is 1. The Morgan fingerprint density at radius 3 is 2.79 bits per heavy atom. The van der Waals surface area contributed by atoms with Crippen molar-refractivity contribution in [2.24, 2.45) is 0 Å². The van der Waals surface area contributed by atoms with Crippen LogP contribution in [0.5, 0.6) is 5.75 Å². The highest BCUT2D eigenvalue weighted by Gasteiger charge is 2.24. The quantitative estimate of drug-likeness (QED) is 0.493. The van der Waals surface area contributed by atoms with Gasteiger partial charge < -0.3 is 14.0 Å². The summed E-state index contributed by atoms with van der Waals surface area (Å²) >= 11 is 5.98. The summed E-state index contributed by atoms with van der Waals surface area (Å²) in [6.45, 7) is 1.05. The van der Waals surface area contributed by atoms with Crippen molar-refractivity contribution < 1.29 is 14.0 Å². The average Bonchev–Trinajstić information content (AvgIpc) is 3.41. The van der Waals surface area contributed by atoms with Gasteiger partial charge in [-0.1, -0.05) is 41.0 Å². The number of benzene rings is 2. The number of nitrogens with zero attached hydrogens (tertiary/aromatic N) is 4. The van der Waals surface area contributed by atoms with Crippen LogP contribution in [0.3, 0.4) is 0 Å². The van der Waals surface area contributed by atoms with Crippen molar-refractivity contribution in [2.75, 3.05) is 7.11 Å². The van der Waals surface area contributed by atoms with Gasteiger partial charge in [0.2, 0.25) is 5.82 Å². The molecule has 4 aromatic rings. The molecule has 0 aliphatic carbocycles. The monoisotopic (exact) mass is 408 g/mol. The molecule has 7 nitrogen and oxygen atoms in total. The van der Waals surface area contributed by atoms with Crippen molar-refractivity contribution >= 4 is 11.6 Å². The fraction of sp³-hybridized carbons (Fsp3) is 0.190. The molecular formula is C21H17ClN4O3. The van der Waals surface area contributed by atoms with Gasteiger partial charge in [-0.05, 0) is 35.9 Å². The lowest BCUT2D eigenvalue weighted by Crippen LogP contribution is -2.21. The highest BCUT2D eigenvalue weighted by atomic mass is 35.5. The van der Waals surface area contributed by atoms with Crippen LogP contribution >= 0.6 is 11.6 Å². The minimum Gasteiger partial charge on any atom is -0.496 e. The molecule has 1 aliphatic heterocycles. The molecule has 2 aromatic heterocycles. The predicted molar refractivity (Wildman–Crippen MR) is 106 cm³/mol. The van der Waals surface area contributed by atoms with E-state index in [9.17, 15) is 0 Å². The minimum atomic E-state index is -0.0839. The molecule has 0 fully saturated rings. The number of fused-ring (bicyclic) bond motifs is 1. The largest absolute Gasteiger partial charge is 0.496 e. The van der Waals surface area contributed by atoms with E-state index in [4.69, 9.17) is 25.6 Å². The molecule has 29 heavy (non-hydrogen) atoms. The van der Waals surface area contributed by atoms with Gasteiger partial charge >= 0.3 is 0 Å². The van der Waals surface area contributed by atoms with E-state index in [1.54, 1.807) is 7.11 Å². The Morgan fingerprint density at radius 2 is 1.97 bits per heavy atom. The van der Waals surface area contributed by atoms with Crippen LogP contribution in [-0.4, -0.2) is 27.0 Å². The van der Waals surface area contributed by atoms with Gasteiger partial charge in [0.15, 0.2) is 5.69 Å². The van der Waals surface area contributed by atoms with Crippen molar-refractivity contribution in [1.82, 2.24) is 19.9 Å². The molecule has 8 heteroatoms. The molecule has 3 heterocycles. The first kappa shape index (κ1) is 17.9. The zero-order valence-corrected chi connectivity index (χ0v) is 16.3. The van der Waals surface area contributed by atoms with Crippen molar-refractivity contribution in [1.29, 1.82) is 0 Å². The van der Waals surface area contributed by atoms with E-state index >= 15 is 0 Å². The summed E-state index contributed by atoms with van der Waals surface area (Å²) in [5, 5.41) is 9.44. The topological polar surface area (TPSA) is 75.2 Å². The van der Waals surface area contributed by atoms with Gasteiger partial charge in [-0.15, -0.1) is 0 Å². The summed E-state index contributed by atoms with van der Waals surface area (Å²) < 4.78 is 18.8. The number of hydrogen-bond donors (Lipinski definition) is 0. The fourth-order valence-electron chi connectivity index (χ4n) is 3.38. The van der Waals surface area contributed by atoms with Crippen molar-refractivity contribution in [2.45, 2.75) is 19.3 Å². The van der Waals surface area contributed by atoms with E-state index in [0.29, 0.717) is 41.3 Å². The predicted octanol–water partition coefficient (Wildman–Crippen LogP) is 4.53. The molecule has 1 atom stereocenters. The van der Waals surface area contributed by atoms with Gasteiger partial charge in [0.1, 0.15) is 11.9 Å². The van der Waals surface area contributed by atoms with E-state index < -0.39 is 0 Å². The maximum atomic E-state index is 6.00. The summed E-state index contributed by atoms with van der Waals surface area (Å²) in [5.74, 6) is 1.50. The number of para-hydroxylation sites is 1. The van der Waals surface area contributed by atoms with Crippen molar-refractivity contribution in [3.63, 3.8) is 0 Å². The zero-order chi connectivity index (χ0) is 19.8. The van der Waals surface area contributed by atoms with E-state index in [1.165, 1.54) is 0 Å². The first-order chi connectivity index (χ1) is 14.2. The SMILES string of the molecule is COc1ccccc1-c1noc(-c2cc3n(n2)C[C@H](c2ccc(Cl)cc2)OC3)n1. The molecule has 0 saturated carbocycles. The molecule has 0 radical (unpaired) electrons. The second-order valence-corrected chi connectivity index (χ2v) is 7.11. The normalized spacial score (nSPS) is 15.9. The van der Waals surface area contributed by atoms with Gasteiger partial charge in [-0.3, -0.25) is 4.68 Å². The number of ether oxygens (including phenoxy) is 2. The Kier molecular flexibility index (Phi) is 4.54. The van der Waals surface area contributed by atoms with Crippen LogP contribution in [0.1, 0.15) is 17.4 Å². The molecule has 5 rings (SSSR count). The van der Waals surface area contributed by atoms with Gasteiger partial charge in [0, 0.05) is 5.02 Å². The summed E-state index contributed by atoms with van der Waals surface area (Å²) in [5.41, 5.74) is 3.41. The number of methoxy groups -OCH3 is 1. The highest BCUT2D eigenvalue weighted by molar-refractivity contribution is 6.30. The molecule has 0 N–H and O–H groups in total. The summed E-state index contributed by atoms with van der Waals surface area (Å²) in [4.78, 5) is 4.50. The molecule has 0 bridgehead atoms. The maximum absolute atomic E-state index is 6.00. The Balaban J connectivity index is 1.41. The number of rotatable bonds is 4. The molecule has 2 aromatic carbocycles. The standard InChI is InChI=1S/C21H17ClN4O3/c1-27-18-5-3-2-4-16(18)20-23-21(29-25-20)17-10-15-12-28-19(11-26(15)24-17)13-6-8-14(22)9-7-13/h2-10,19H,11-12H2,1H3/t19-/m1/s1. The van der Waals surface area contributed by atoms with Crippen LogP contribution in [0, 0.1) is 0 Å². The number of aromatic nitrogens is 4. The molecule has 146 valence electrons. The van der Waals surface area contributed by atoms with Crippen LogP contribution in [0.25, 0.3) is 23.0 Å². The van der Waals surface area contributed by atoms with E-state index in [-0.39, 0.29) is 6.10 Å². The first-order valence-corrected chi connectivity index (χ1v) is 9.50. The van der Waals surface area contributed by atoms with E-state index in [1.807, 2.05) is 59.3 Å². The minimum absolute atomic E-state index is 0.0839. The molecule has 0 saturated heterocycles. The third-order valence-corrected chi connectivity index (χ3v) is 5.12. The smallest absolute Gasteiger partial charge is 0.278 e. The van der Waals surface area contributed by atoms with E-state index in [0.717, 1.165) is 16.8 Å². The summed E-state index contributed by atoms with van der Waals surface area (Å²) in [6.07, 6.45) is -0.0839. The van der Waals surface area contributed by atoms with Gasteiger partial charge in [0.25, 0.3) is 5.89 Å². The first-order valence-electron chi connectivity index (χ1n) is 9.12. The van der Waals surface area contributed by atoms with Crippen LogP contribution in [0.4, 0.5) is 0 Å². The van der Waals surface area contributed by atoms with Crippen LogP contribution in [-0.2, 0) is 17.9 Å². The lowest BCUT2D eigenvalue weighted by molar-refractivity contribution is -0.00112.